The van der Waals surface area contributed by atoms with Crippen LogP contribution in [-0.4, -0.2) is 194 Å². The van der Waals surface area contributed by atoms with Gasteiger partial charge in [0.05, 0.1) is 60.4 Å². The smallest absolute Gasteiger partial charge is 0.326 e. The Balaban J connectivity index is 1.07. The number of imidazole rings is 3. The van der Waals surface area contributed by atoms with Gasteiger partial charge in [-0.25, -0.2) is 24.3 Å². The van der Waals surface area contributed by atoms with Crippen molar-refractivity contribution in [3.63, 3.8) is 0 Å². The van der Waals surface area contributed by atoms with Crippen molar-refractivity contribution in [2.24, 2.45) is 11.5 Å². The van der Waals surface area contributed by atoms with Crippen LogP contribution >= 0.6 is 11.8 Å². The first kappa shape index (κ1) is 70.3. The van der Waals surface area contributed by atoms with Crippen LogP contribution in [0.4, 0.5) is 11.4 Å². The van der Waals surface area contributed by atoms with Gasteiger partial charge in [-0.3, -0.25) is 43.8 Å². The molecule has 0 radical (unpaired) electrons. The Hall–Kier alpha value is -11.2. The van der Waals surface area contributed by atoms with Gasteiger partial charge in [0, 0.05) is 116 Å². The standard InChI is InChI=1S/C60H73N19O14S/c1-78(2)35-8-11-38-47(20-35)93-48-21-36(79(3)4)9-12-39(48)52(38)37-10-7-31(16-40(37)58(89)90)71-50(81)27-94-26-46(72-49(80)22-61)57(88)73-41(13-14-51(82)83)53(84)75-44(18-33-24-65-29-69-33)55(86)77-45(19-34-25-66-30-70-34)56(87)76-43(17-32-23-64-28-68-32)54(85)74-42(59(91)92)6-5-15-67-60(62)63/h7-12,16,20-21,23-25,28-30,41-46H,5-6,13-15,17-19,22,26-27,61H2,1-4H3,(H16,62,63,64,65,66,67,68,69,70,72,73,74,75,76,77,80,82,83,84,85,86,87,88,89,90,91,92)/t41-,42-,43-,44-,45-,46-/m0/s1. The lowest BCUT2D eigenvalue weighted by molar-refractivity contribution is -0.255. The first-order valence-electron chi connectivity index (χ1n) is 29.3. The molecule has 0 fully saturated rings. The molecule has 5 aromatic rings. The van der Waals surface area contributed by atoms with Crippen LogP contribution in [0, 0.1) is 5.41 Å². The lowest BCUT2D eigenvalue weighted by atomic mass is 9.90. The molecule has 7 rings (SSSR count). The summed E-state index contributed by atoms with van der Waals surface area (Å²) in [6.45, 7) is -0.475. The van der Waals surface area contributed by atoms with Crippen molar-refractivity contribution >= 4 is 99.3 Å². The van der Waals surface area contributed by atoms with Crippen LogP contribution in [0.5, 0.6) is 0 Å². The van der Waals surface area contributed by atoms with E-state index >= 15 is 0 Å². The number of nitrogens with two attached hydrogens (primary N) is 2. The molecule has 34 heteroatoms. The van der Waals surface area contributed by atoms with E-state index in [-0.39, 0.29) is 90.0 Å². The monoisotopic (exact) mass is 1320 g/mol. The zero-order valence-electron chi connectivity index (χ0n) is 51.5. The molecule has 0 spiro atoms. The fourth-order valence-corrected chi connectivity index (χ4v) is 10.6. The van der Waals surface area contributed by atoms with E-state index in [1.807, 2.05) is 74.1 Å². The van der Waals surface area contributed by atoms with E-state index < -0.39 is 115 Å². The highest BCUT2D eigenvalue weighted by Gasteiger charge is 2.35. The largest absolute Gasteiger partial charge is 0.545 e. The minimum absolute atomic E-state index is 0.0809. The molecule has 1 aliphatic heterocycles. The van der Waals surface area contributed by atoms with Gasteiger partial charge in [-0.1, -0.05) is 6.07 Å². The second-order valence-electron chi connectivity index (χ2n) is 21.9. The molecule has 0 bridgehead atoms. The number of aliphatic carboxylic acids is 2. The van der Waals surface area contributed by atoms with Crippen molar-refractivity contribution < 1.29 is 67.7 Å². The van der Waals surface area contributed by atoms with Gasteiger partial charge in [0.25, 0.3) is 0 Å². The van der Waals surface area contributed by atoms with Crippen molar-refractivity contribution in [3.8, 4) is 22.5 Å². The SMILES string of the molecule is CN(C)c1ccc2c(-c3ccc(NC(=O)CSC[C@H](NC(=O)CN)C(=O)N[C@@H](CCC(=O)O)C(=O)N[C@@H](Cc4c[nH]cn4)C(=O)N[C@@H](Cc4c[nH]cn4)C(=O)N[C@@H](Cc4c[nH]cn4)C(=O)N[C@@H](CCCNC(=N)N)C(=O)O)cc3C(=O)[O-])c3ccc(=[N+](C)C)cc-3oc2c1. The summed E-state index contributed by atoms with van der Waals surface area (Å²) in [4.78, 5) is 158. The molecule has 94 heavy (non-hydrogen) atoms. The number of H-pyrrole nitrogens is 3. The van der Waals surface area contributed by atoms with Gasteiger partial charge in [0.15, 0.2) is 5.96 Å². The predicted molar refractivity (Wildman–Crippen MR) is 341 cm³/mol. The number of fused-ring (bicyclic) bond motifs is 2. The Kier molecular flexibility index (Phi) is 24.9. The van der Waals surface area contributed by atoms with E-state index in [0.717, 1.165) is 22.8 Å². The number of aromatic amines is 3. The van der Waals surface area contributed by atoms with E-state index in [0.29, 0.717) is 27.9 Å². The van der Waals surface area contributed by atoms with Crippen molar-refractivity contribution in [2.75, 3.05) is 63.0 Å². The highest BCUT2D eigenvalue weighted by atomic mass is 32.2. The number of guanidine groups is 1. The van der Waals surface area contributed by atoms with Crippen LogP contribution in [0.3, 0.4) is 0 Å². The number of amides is 7. The number of nitrogens with zero attached hydrogens (tertiary/aromatic N) is 5. The number of thioether (sulfide) groups is 1. The summed E-state index contributed by atoms with van der Waals surface area (Å²) in [6.07, 6.45) is 6.05. The van der Waals surface area contributed by atoms with Crippen LogP contribution in [0.25, 0.3) is 33.4 Å². The molecule has 0 unspecified atom stereocenters. The average Bonchev–Trinajstić information content (AvgIpc) is 0.804. The molecular weight excluding hydrogens is 1240 g/mol. The zero-order chi connectivity index (χ0) is 68.2. The summed E-state index contributed by atoms with van der Waals surface area (Å²) < 4.78 is 8.30. The van der Waals surface area contributed by atoms with Crippen molar-refractivity contribution in [3.05, 3.63) is 120 Å². The van der Waals surface area contributed by atoms with Gasteiger partial charge in [-0.05, 0) is 55.2 Å². The highest BCUT2D eigenvalue weighted by molar-refractivity contribution is 8.00. The van der Waals surface area contributed by atoms with Crippen molar-refractivity contribution in [1.29, 1.82) is 5.41 Å². The number of carbonyl (C=O) groups is 10. The Bertz CT molecular complexity index is 3910. The zero-order valence-corrected chi connectivity index (χ0v) is 52.3. The third-order valence-electron chi connectivity index (χ3n) is 14.6. The molecule has 6 atom stereocenters. The van der Waals surface area contributed by atoms with Gasteiger partial charge >= 0.3 is 11.9 Å². The van der Waals surface area contributed by atoms with E-state index in [9.17, 15) is 63.3 Å². The Morgan fingerprint density at radius 1 is 0.681 bits per heavy atom. The minimum Gasteiger partial charge on any atom is -0.545 e. The predicted octanol–water partition coefficient (Wildman–Crippen LogP) is -2.68. The van der Waals surface area contributed by atoms with Gasteiger partial charge in [-0.15, -0.1) is 11.8 Å². The molecule has 0 saturated carbocycles. The first-order chi connectivity index (χ1) is 44.9. The number of carbonyl (C=O) groups excluding carboxylic acids is 8. The van der Waals surface area contributed by atoms with Gasteiger partial charge in [0.1, 0.15) is 61.7 Å². The molecule has 33 nitrogen and oxygen atoms in total. The summed E-state index contributed by atoms with van der Waals surface area (Å²) in [6, 6.07) is 6.01. The summed E-state index contributed by atoms with van der Waals surface area (Å²) in [5.74, 6) is -11.4. The molecule has 18 N–H and O–H groups in total. The molecule has 1 aliphatic carbocycles. The fraction of sp³-hybridized carbons (Fsp3) is 0.350. The van der Waals surface area contributed by atoms with E-state index in [4.69, 9.17) is 21.3 Å². The number of carboxylic acid groups (broad SMARTS) is 3. The van der Waals surface area contributed by atoms with Crippen LogP contribution in [0.1, 0.15) is 53.1 Å². The molecule has 7 amide bonds. The number of aromatic nitrogens is 6. The molecule has 3 aromatic heterocycles. The molecule has 0 saturated heterocycles. The maximum atomic E-state index is 14.6. The molecule has 2 aromatic carbocycles. The van der Waals surface area contributed by atoms with Crippen LogP contribution < -0.4 is 73.9 Å². The number of carboxylic acids is 3. The quantitative estimate of drug-likeness (QED) is 0.00642. The second kappa shape index (κ2) is 33.2. The summed E-state index contributed by atoms with van der Waals surface area (Å²) in [5, 5.41) is 61.7. The van der Waals surface area contributed by atoms with E-state index in [1.165, 1.54) is 49.7 Å². The topological polar surface area (TPSA) is 512 Å². The Morgan fingerprint density at radius 3 is 1.72 bits per heavy atom. The number of rotatable bonds is 34. The Morgan fingerprint density at radius 2 is 1.22 bits per heavy atom. The van der Waals surface area contributed by atoms with Gasteiger partial charge < -0.3 is 98.4 Å². The molecule has 498 valence electrons. The van der Waals surface area contributed by atoms with Crippen LogP contribution in [0.15, 0.2) is 96.6 Å². The third kappa shape index (κ3) is 19.9. The molecule has 4 heterocycles. The number of benzene rings is 3. The second-order valence-corrected chi connectivity index (χ2v) is 22.9. The third-order valence-corrected chi connectivity index (χ3v) is 15.6. The van der Waals surface area contributed by atoms with Crippen molar-refractivity contribution in [2.45, 2.75) is 81.2 Å². The molecular formula is C60H73N19O14S. The highest BCUT2D eigenvalue weighted by Crippen LogP contribution is 2.42. The first-order valence-corrected chi connectivity index (χ1v) is 30.4. The maximum Gasteiger partial charge on any atom is 0.326 e. The fourth-order valence-electron chi connectivity index (χ4n) is 9.77. The number of aromatic carboxylic acids is 1. The van der Waals surface area contributed by atoms with Gasteiger partial charge in [-0.2, -0.15) is 0 Å². The average molecular weight is 1320 g/mol. The lowest BCUT2D eigenvalue weighted by Gasteiger charge is -2.27. The normalized spacial score (nSPS) is 13.0. The summed E-state index contributed by atoms with van der Waals surface area (Å²) >= 11 is 0.849. The summed E-state index contributed by atoms with van der Waals surface area (Å²) in [5.41, 5.74) is 14.3. The maximum absolute atomic E-state index is 14.6. The summed E-state index contributed by atoms with van der Waals surface area (Å²) in [7, 11) is 7.49. The number of hydrogen-bond donors (Lipinski definition) is 16. The van der Waals surface area contributed by atoms with Crippen molar-refractivity contribution in [1.82, 2.24) is 71.7 Å². The van der Waals surface area contributed by atoms with E-state index in [1.54, 1.807) is 6.07 Å². The molecule has 2 aliphatic rings. The number of hydrogen-bond acceptors (Lipinski definition) is 19. The minimum atomic E-state index is -1.72. The Labute approximate surface area is 540 Å². The van der Waals surface area contributed by atoms with Crippen LogP contribution in [-0.2, 0) is 62.4 Å². The van der Waals surface area contributed by atoms with Gasteiger partial charge in [0.2, 0.25) is 46.7 Å². The lowest BCUT2D eigenvalue weighted by Crippen LogP contribution is -2.60. The number of nitrogens with one attached hydrogen (secondary N) is 12. The van der Waals surface area contributed by atoms with E-state index in [2.05, 4.69) is 72.4 Å². The number of anilines is 2. The van der Waals surface area contributed by atoms with Crippen LogP contribution in [0.2, 0.25) is 0 Å².